The fraction of sp³-hybridized carbons (Fsp3) is 0.235. The molecule has 0 spiro atoms. The molecule has 0 aliphatic carbocycles. The van der Waals surface area contributed by atoms with Crippen molar-refractivity contribution in [3.63, 3.8) is 0 Å². The molecule has 0 aliphatic rings. The minimum absolute atomic E-state index is 0.139. The molecule has 0 fully saturated rings. The Morgan fingerprint density at radius 3 is 3.00 bits per heavy atom. The van der Waals surface area contributed by atoms with Crippen LogP contribution in [0.25, 0.3) is 11.0 Å². The van der Waals surface area contributed by atoms with Crippen molar-refractivity contribution >= 4 is 46.3 Å². The average molecular weight is 358 g/mol. The predicted octanol–water partition coefficient (Wildman–Crippen LogP) is 3.67. The van der Waals surface area contributed by atoms with E-state index in [0.29, 0.717) is 0 Å². The normalized spacial score (nSPS) is 11.4. The van der Waals surface area contributed by atoms with Crippen LogP contribution < -0.4 is 5.43 Å². The number of amides is 1. The number of benzene rings is 1. The Hall–Kier alpha value is -2.12. The van der Waals surface area contributed by atoms with Crippen molar-refractivity contribution in [2.45, 2.75) is 25.5 Å². The Balaban J connectivity index is 1.60. The van der Waals surface area contributed by atoms with E-state index in [1.807, 2.05) is 42.6 Å². The predicted molar refractivity (Wildman–Crippen MR) is 101 cm³/mol. The van der Waals surface area contributed by atoms with E-state index in [-0.39, 0.29) is 11.7 Å². The Morgan fingerprint density at radius 1 is 1.42 bits per heavy atom. The fourth-order valence-electron chi connectivity index (χ4n) is 2.31. The summed E-state index contributed by atoms with van der Waals surface area (Å²) in [7, 11) is 0. The van der Waals surface area contributed by atoms with Crippen LogP contribution in [0.5, 0.6) is 0 Å². The number of fused-ring (bicyclic) bond motifs is 1. The zero-order chi connectivity index (χ0) is 16.9. The van der Waals surface area contributed by atoms with Crippen molar-refractivity contribution in [3.05, 3.63) is 46.2 Å². The molecule has 2 heterocycles. The third-order valence-electron chi connectivity index (χ3n) is 3.54. The molecule has 0 saturated carbocycles. The molecular formula is C17H18N4OS2. The van der Waals surface area contributed by atoms with Gasteiger partial charge in [-0.1, -0.05) is 23.9 Å². The number of nitrogens with zero attached hydrogens (tertiary/aromatic N) is 3. The molecule has 5 nitrogen and oxygen atoms in total. The first-order chi connectivity index (χ1) is 11.7. The van der Waals surface area contributed by atoms with Crippen LogP contribution >= 0.6 is 23.1 Å². The number of carbonyl (C=O) groups is 1. The number of hydrazone groups is 1. The maximum atomic E-state index is 12.0. The van der Waals surface area contributed by atoms with Gasteiger partial charge in [-0.3, -0.25) is 4.79 Å². The van der Waals surface area contributed by atoms with E-state index in [1.165, 1.54) is 11.8 Å². The van der Waals surface area contributed by atoms with Crippen LogP contribution in [-0.2, 0) is 11.3 Å². The minimum Gasteiger partial charge on any atom is -0.319 e. The molecular weight excluding hydrogens is 340 g/mol. The van der Waals surface area contributed by atoms with Gasteiger partial charge >= 0.3 is 0 Å². The lowest BCUT2D eigenvalue weighted by Gasteiger charge is -2.04. The van der Waals surface area contributed by atoms with E-state index in [1.54, 1.807) is 17.6 Å². The molecule has 0 bridgehead atoms. The van der Waals surface area contributed by atoms with Gasteiger partial charge in [0.05, 0.1) is 23.0 Å². The summed E-state index contributed by atoms with van der Waals surface area (Å²) in [5.74, 6) is 0.143. The Labute approximate surface area is 148 Å². The zero-order valence-corrected chi connectivity index (χ0v) is 15.2. The largest absolute Gasteiger partial charge is 0.319 e. The smallest absolute Gasteiger partial charge is 0.250 e. The molecule has 3 aromatic rings. The summed E-state index contributed by atoms with van der Waals surface area (Å²) in [6.45, 7) is 4.91. The summed E-state index contributed by atoms with van der Waals surface area (Å²) >= 11 is 3.02. The van der Waals surface area contributed by atoms with Crippen molar-refractivity contribution < 1.29 is 4.79 Å². The maximum absolute atomic E-state index is 12.0. The van der Waals surface area contributed by atoms with Gasteiger partial charge in [-0.25, -0.2) is 10.4 Å². The molecule has 1 N–H and O–H groups in total. The van der Waals surface area contributed by atoms with Crippen LogP contribution in [0.3, 0.4) is 0 Å². The number of thioether (sulfide) groups is 1. The van der Waals surface area contributed by atoms with Crippen molar-refractivity contribution in [2.75, 3.05) is 5.75 Å². The highest BCUT2D eigenvalue weighted by Gasteiger charge is 2.11. The number of aromatic nitrogens is 2. The SMILES string of the molecule is CCn1c(SCC(=O)N/N=C\c2sccc2C)nc2ccccc21. The molecule has 3 rings (SSSR count). The van der Waals surface area contributed by atoms with E-state index in [2.05, 4.69) is 27.0 Å². The number of carbonyl (C=O) groups excluding carboxylic acids is 1. The third-order valence-corrected chi connectivity index (χ3v) is 5.47. The first-order valence-electron chi connectivity index (χ1n) is 7.63. The van der Waals surface area contributed by atoms with Gasteiger partial charge < -0.3 is 4.57 Å². The number of thiophene rings is 1. The van der Waals surface area contributed by atoms with Gasteiger partial charge in [0.25, 0.3) is 5.91 Å². The minimum atomic E-state index is -0.139. The van der Waals surface area contributed by atoms with Gasteiger partial charge in [0, 0.05) is 11.4 Å². The average Bonchev–Trinajstić information content (AvgIpc) is 3.16. The van der Waals surface area contributed by atoms with Crippen LogP contribution in [0.4, 0.5) is 0 Å². The molecule has 24 heavy (non-hydrogen) atoms. The molecule has 124 valence electrons. The topological polar surface area (TPSA) is 59.3 Å². The monoisotopic (exact) mass is 358 g/mol. The molecule has 2 aromatic heterocycles. The molecule has 1 aromatic carbocycles. The van der Waals surface area contributed by atoms with Crippen LogP contribution in [0.15, 0.2) is 46.0 Å². The third kappa shape index (κ3) is 3.68. The van der Waals surface area contributed by atoms with Gasteiger partial charge in [-0.15, -0.1) is 11.3 Å². The van der Waals surface area contributed by atoms with Crippen molar-refractivity contribution in [2.24, 2.45) is 5.10 Å². The highest BCUT2D eigenvalue weighted by Crippen LogP contribution is 2.23. The van der Waals surface area contributed by atoms with Gasteiger partial charge in [0.15, 0.2) is 5.16 Å². The van der Waals surface area contributed by atoms with Crippen LogP contribution in [-0.4, -0.2) is 27.4 Å². The second kappa shape index (κ2) is 7.63. The highest BCUT2D eigenvalue weighted by molar-refractivity contribution is 7.99. The highest BCUT2D eigenvalue weighted by atomic mass is 32.2. The number of nitrogens with one attached hydrogen (secondary N) is 1. The van der Waals surface area contributed by atoms with E-state index < -0.39 is 0 Å². The number of rotatable bonds is 6. The summed E-state index contributed by atoms with van der Waals surface area (Å²) in [4.78, 5) is 17.6. The Bertz CT molecular complexity index is 882. The lowest BCUT2D eigenvalue weighted by atomic mass is 10.3. The second-order valence-corrected chi connectivity index (χ2v) is 7.07. The van der Waals surface area contributed by atoms with Gasteiger partial charge in [0.2, 0.25) is 0 Å². The molecule has 0 unspecified atom stereocenters. The fourth-order valence-corrected chi connectivity index (χ4v) is 3.97. The molecule has 1 amide bonds. The summed E-state index contributed by atoms with van der Waals surface area (Å²) in [6.07, 6.45) is 1.68. The first-order valence-corrected chi connectivity index (χ1v) is 9.49. The quantitative estimate of drug-likeness (QED) is 0.415. The van der Waals surface area contributed by atoms with Crippen molar-refractivity contribution in [1.82, 2.24) is 15.0 Å². The zero-order valence-electron chi connectivity index (χ0n) is 13.5. The van der Waals surface area contributed by atoms with Crippen molar-refractivity contribution in [1.29, 1.82) is 0 Å². The van der Waals surface area contributed by atoms with Gasteiger partial charge in [-0.05, 0) is 43.0 Å². The molecule has 0 aliphatic heterocycles. The van der Waals surface area contributed by atoms with Crippen molar-refractivity contribution in [3.8, 4) is 0 Å². The van der Waals surface area contributed by atoms with Crippen LogP contribution in [0.2, 0.25) is 0 Å². The van der Waals surface area contributed by atoms with Gasteiger partial charge in [0.1, 0.15) is 0 Å². The van der Waals surface area contributed by atoms with Gasteiger partial charge in [-0.2, -0.15) is 5.10 Å². The molecule has 0 radical (unpaired) electrons. The lowest BCUT2D eigenvalue weighted by Crippen LogP contribution is -2.19. The summed E-state index contributed by atoms with van der Waals surface area (Å²) in [5, 5.41) is 6.87. The Kier molecular flexibility index (Phi) is 5.32. The molecule has 7 heteroatoms. The second-order valence-electron chi connectivity index (χ2n) is 5.18. The maximum Gasteiger partial charge on any atom is 0.250 e. The number of hydrogen-bond acceptors (Lipinski definition) is 5. The van der Waals surface area contributed by atoms with Crippen LogP contribution in [0.1, 0.15) is 17.4 Å². The number of para-hydroxylation sites is 2. The molecule has 0 saturated heterocycles. The summed E-state index contributed by atoms with van der Waals surface area (Å²) in [6, 6.07) is 10.0. The van der Waals surface area contributed by atoms with E-state index >= 15 is 0 Å². The van der Waals surface area contributed by atoms with Crippen LogP contribution in [0, 0.1) is 6.92 Å². The first kappa shape index (κ1) is 16.7. The Morgan fingerprint density at radius 2 is 2.25 bits per heavy atom. The summed E-state index contributed by atoms with van der Waals surface area (Å²) < 4.78 is 2.12. The number of imidazole rings is 1. The standard InChI is InChI=1S/C17H18N4OS2/c1-3-21-14-7-5-4-6-13(14)19-17(21)24-11-16(22)20-18-10-15-12(2)8-9-23-15/h4-10H,3,11H2,1-2H3,(H,20,22)/b18-10-. The van der Waals surface area contributed by atoms with E-state index in [0.717, 1.165) is 33.2 Å². The lowest BCUT2D eigenvalue weighted by molar-refractivity contribution is -0.118. The summed E-state index contributed by atoms with van der Waals surface area (Å²) in [5.41, 5.74) is 5.77. The number of aryl methyl sites for hydroxylation is 2. The van der Waals surface area contributed by atoms with E-state index in [9.17, 15) is 4.79 Å². The van der Waals surface area contributed by atoms with E-state index in [4.69, 9.17) is 0 Å². The number of hydrogen-bond donors (Lipinski definition) is 1. The molecule has 0 atom stereocenters.